The monoisotopic (exact) mass is 250 g/mol. The molecular weight excluding hydrogens is 232 g/mol. The Morgan fingerprint density at radius 3 is 3.06 bits per heavy atom. The SMILES string of the molecule is COc1ccc(C=O)c(OCCC2CCCO2)c1. The van der Waals surface area contributed by atoms with Crippen LogP contribution >= 0.6 is 0 Å². The molecule has 0 bridgehead atoms. The van der Waals surface area contributed by atoms with E-state index in [1.54, 1.807) is 25.3 Å². The second-order valence-electron chi connectivity index (χ2n) is 4.29. The highest BCUT2D eigenvalue weighted by molar-refractivity contribution is 5.79. The highest BCUT2D eigenvalue weighted by Gasteiger charge is 2.15. The molecule has 1 heterocycles. The third-order valence-corrected chi connectivity index (χ3v) is 3.07. The van der Waals surface area contributed by atoms with Gasteiger partial charge in [-0.15, -0.1) is 0 Å². The van der Waals surface area contributed by atoms with Gasteiger partial charge in [0.2, 0.25) is 0 Å². The Bertz CT molecular complexity index is 397. The van der Waals surface area contributed by atoms with Crippen molar-refractivity contribution in [2.24, 2.45) is 0 Å². The van der Waals surface area contributed by atoms with Crippen LogP contribution in [0.5, 0.6) is 11.5 Å². The maximum Gasteiger partial charge on any atom is 0.153 e. The maximum atomic E-state index is 10.9. The number of carbonyl (C=O) groups is 1. The van der Waals surface area contributed by atoms with Gasteiger partial charge in [0.25, 0.3) is 0 Å². The smallest absolute Gasteiger partial charge is 0.153 e. The van der Waals surface area contributed by atoms with Crippen LogP contribution in [0.4, 0.5) is 0 Å². The van der Waals surface area contributed by atoms with Crippen molar-refractivity contribution >= 4 is 6.29 Å². The minimum Gasteiger partial charge on any atom is -0.497 e. The van der Waals surface area contributed by atoms with Crippen LogP contribution in [0.15, 0.2) is 18.2 Å². The molecule has 0 radical (unpaired) electrons. The van der Waals surface area contributed by atoms with Crippen LogP contribution < -0.4 is 9.47 Å². The molecule has 1 aromatic rings. The molecule has 2 rings (SSSR count). The van der Waals surface area contributed by atoms with Gasteiger partial charge in [-0.1, -0.05) is 0 Å². The Hall–Kier alpha value is -1.55. The van der Waals surface area contributed by atoms with E-state index in [0.717, 1.165) is 32.2 Å². The highest BCUT2D eigenvalue weighted by Crippen LogP contribution is 2.24. The Morgan fingerprint density at radius 2 is 2.39 bits per heavy atom. The lowest BCUT2D eigenvalue weighted by Gasteiger charge is -2.12. The first kappa shape index (κ1) is 12.9. The third kappa shape index (κ3) is 3.23. The molecule has 1 atom stereocenters. The van der Waals surface area contributed by atoms with Crippen molar-refractivity contribution in [1.82, 2.24) is 0 Å². The zero-order valence-electron chi connectivity index (χ0n) is 10.6. The summed E-state index contributed by atoms with van der Waals surface area (Å²) in [5.41, 5.74) is 0.545. The molecule has 1 aromatic carbocycles. The highest BCUT2D eigenvalue weighted by atomic mass is 16.5. The van der Waals surface area contributed by atoms with E-state index < -0.39 is 0 Å². The molecule has 0 N–H and O–H groups in total. The molecule has 0 aliphatic carbocycles. The lowest BCUT2D eigenvalue weighted by atomic mass is 10.2. The maximum absolute atomic E-state index is 10.9. The summed E-state index contributed by atoms with van der Waals surface area (Å²) in [6.07, 6.45) is 4.18. The molecule has 4 nitrogen and oxygen atoms in total. The van der Waals surface area contributed by atoms with Crippen molar-refractivity contribution in [1.29, 1.82) is 0 Å². The quantitative estimate of drug-likeness (QED) is 0.727. The summed E-state index contributed by atoms with van der Waals surface area (Å²) >= 11 is 0. The summed E-state index contributed by atoms with van der Waals surface area (Å²) in [4.78, 5) is 10.9. The van der Waals surface area contributed by atoms with Crippen LogP contribution in [0.2, 0.25) is 0 Å². The molecule has 98 valence electrons. The van der Waals surface area contributed by atoms with E-state index in [-0.39, 0.29) is 0 Å². The van der Waals surface area contributed by atoms with E-state index >= 15 is 0 Å². The predicted octanol–water partition coefficient (Wildman–Crippen LogP) is 2.46. The van der Waals surface area contributed by atoms with Crippen LogP contribution in [0, 0.1) is 0 Å². The molecule has 1 aliphatic rings. The number of hydrogen-bond donors (Lipinski definition) is 0. The Balaban J connectivity index is 1.91. The summed E-state index contributed by atoms with van der Waals surface area (Å²) in [5.74, 6) is 1.26. The molecule has 0 saturated carbocycles. The minimum absolute atomic E-state index is 0.301. The van der Waals surface area contributed by atoms with Gasteiger partial charge in [-0.25, -0.2) is 0 Å². The molecular formula is C14H18O4. The Morgan fingerprint density at radius 1 is 1.50 bits per heavy atom. The standard InChI is InChI=1S/C14H18O4/c1-16-13-5-4-11(10-15)14(9-13)18-8-6-12-3-2-7-17-12/h4-5,9-10,12H,2-3,6-8H2,1H3. The van der Waals surface area contributed by atoms with Crippen LogP contribution in [0.3, 0.4) is 0 Å². The Kier molecular flexibility index (Phi) is 4.59. The van der Waals surface area contributed by atoms with Crippen molar-refractivity contribution in [3.05, 3.63) is 23.8 Å². The first-order chi connectivity index (χ1) is 8.83. The van der Waals surface area contributed by atoms with Crippen LogP contribution in [0.25, 0.3) is 0 Å². The van der Waals surface area contributed by atoms with Crippen molar-refractivity contribution in [2.75, 3.05) is 20.3 Å². The van der Waals surface area contributed by atoms with Gasteiger partial charge in [0.05, 0.1) is 25.4 Å². The van der Waals surface area contributed by atoms with Gasteiger partial charge in [-0.3, -0.25) is 4.79 Å². The molecule has 0 aromatic heterocycles. The molecule has 1 fully saturated rings. The summed E-state index contributed by atoms with van der Waals surface area (Å²) in [5, 5.41) is 0. The number of carbonyl (C=O) groups excluding carboxylic acids is 1. The molecule has 0 spiro atoms. The fraction of sp³-hybridized carbons (Fsp3) is 0.500. The first-order valence-corrected chi connectivity index (χ1v) is 6.21. The number of hydrogen-bond acceptors (Lipinski definition) is 4. The van der Waals surface area contributed by atoms with Gasteiger partial charge in [-0.2, -0.15) is 0 Å². The lowest BCUT2D eigenvalue weighted by molar-refractivity contribution is 0.0901. The van der Waals surface area contributed by atoms with Gasteiger partial charge in [0, 0.05) is 19.1 Å². The van der Waals surface area contributed by atoms with Gasteiger partial charge in [-0.05, 0) is 25.0 Å². The second-order valence-corrected chi connectivity index (χ2v) is 4.29. The average Bonchev–Trinajstić information content (AvgIpc) is 2.92. The normalized spacial score (nSPS) is 18.6. The predicted molar refractivity (Wildman–Crippen MR) is 67.5 cm³/mol. The van der Waals surface area contributed by atoms with Gasteiger partial charge in [0.15, 0.2) is 6.29 Å². The summed E-state index contributed by atoms with van der Waals surface area (Å²) in [6, 6.07) is 5.18. The fourth-order valence-electron chi connectivity index (χ4n) is 2.04. The molecule has 1 unspecified atom stereocenters. The number of ether oxygens (including phenoxy) is 3. The van der Waals surface area contributed by atoms with E-state index in [0.29, 0.717) is 29.8 Å². The van der Waals surface area contributed by atoms with Crippen LogP contribution in [-0.2, 0) is 4.74 Å². The first-order valence-electron chi connectivity index (χ1n) is 6.21. The van der Waals surface area contributed by atoms with Gasteiger partial charge in [0.1, 0.15) is 11.5 Å². The van der Waals surface area contributed by atoms with E-state index in [1.165, 1.54) is 0 Å². The zero-order valence-corrected chi connectivity index (χ0v) is 10.6. The summed E-state index contributed by atoms with van der Waals surface area (Å²) in [7, 11) is 1.59. The van der Waals surface area contributed by atoms with E-state index in [2.05, 4.69) is 0 Å². The van der Waals surface area contributed by atoms with E-state index in [4.69, 9.17) is 14.2 Å². The van der Waals surface area contributed by atoms with Crippen molar-refractivity contribution in [3.63, 3.8) is 0 Å². The topological polar surface area (TPSA) is 44.8 Å². The molecule has 18 heavy (non-hydrogen) atoms. The minimum atomic E-state index is 0.301. The van der Waals surface area contributed by atoms with Gasteiger partial charge >= 0.3 is 0 Å². The summed E-state index contributed by atoms with van der Waals surface area (Å²) < 4.78 is 16.3. The van der Waals surface area contributed by atoms with Crippen molar-refractivity contribution in [2.45, 2.75) is 25.4 Å². The number of benzene rings is 1. The number of rotatable bonds is 6. The van der Waals surface area contributed by atoms with E-state index in [1.807, 2.05) is 0 Å². The molecule has 4 heteroatoms. The molecule has 0 amide bonds. The second kappa shape index (κ2) is 6.40. The summed E-state index contributed by atoms with van der Waals surface area (Å²) in [6.45, 7) is 1.40. The zero-order chi connectivity index (χ0) is 12.8. The fourth-order valence-corrected chi connectivity index (χ4v) is 2.04. The average molecular weight is 250 g/mol. The lowest BCUT2D eigenvalue weighted by Crippen LogP contribution is -2.11. The van der Waals surface area contributed by atoms with Gasteiger partial charge < -0.3 is 14.2 Å². The Labute approximate surface area is 107 Å². The number of methoxy groups -OCH3 is 1. The number of aldehydes is 1. The molecule has 1 saturated heterocycles. The van der Waals surface area contributed by atoms with Crippen LogP contribution in [0.1, 0.15) is 29.6 Å². The van der Waals surface area contributed by atoms with Crippen molar-refractivity contribution < 1.29 is 19.0 Å². The van der Waals surface area contributed by atoms with Crippen LogP contribution in [-0.4, -0.2) is 32.7 Å². The third-order valence-electron chi connectivity index (χ3n) is 3.07. The van der Waals surface area contributed by atoms with E-state index in [9.17, 15) is 4.79 Å². The van der Waals surface area contributed by atoms with Crippen molar-refractivity contribution in [3.8, 4) is 11.5 Å². The largest absolute Gasteiger partial charge is 0.497 e. The molecule has 1 aliphatic heterocycles.